The van der Waals surface area contributed by atoms with Crippen LogP contribution in [0.4, 0.5) is 4.39 Å². The molecule has 3 aromatic carbocycles. The Hall–Kier alpha value is -4.52. The molecule has 2 atom stereocenters. The molecule has 43 heavy (non-hydrogen) atoms. The first kappa shape index (κ1) is 27.3. The zero-order valence-corrected chi connectivity index (χ0v) is 23.6. The van der Waals surface area contributed by atoms with Crippen molar-refractivity contribution < 1.29 is 23.8 Å². The number of hydrogen-bond donors (Lipinski definition) is 1. The summed E-state index contributed by atoms with van der Waals surface area (Å²) >= 11 is 0. The molecule has 0 bridgehead atoms. The molecule has 2 saturated heterocycles. The van der Waals surface area contributed by atoms with Crippen LogP contribution >= 0.6 is 0 Å². The van der Waals surface area contributed by atoms with Crippen molar-refractivity contribution in [2.24, 2.45) is 0 Å². The van der Waals surface area contributed by atoms with E-state index in [9.17, 15) is 14.3 Å². The number of para-hydroxylation sites is 1. The van der Waals surface area contributed by atoms with Gasteiger partial charge in [0.05, 0.1) is 47.4 Å². The molecule has 0 saturated carbocycles. The first-order valence-electron chi connectivity index (χ1n) is 14.7. The number of likely N-dealkylation sites (tertiary alicyclic amines) is 1. The molecule has 9 heteroatoms. The number of ether oxygens (including phenoxy) is 2. The van der Waals surface area contributed by atoms with E-state index in [4.69, 9.17) is 19.7 Å². The van der Waals surface area contributed by atoms with Gasteiger partial charge in [0.15, 0.2) is 0 Å². The van der Waals surface area contributed by atoms with Crippen LogP contribution in [0.15, 0.2) is 60.7 Å². The zero-order chi connectivity index (χ0) is 29.5. The molecule has 2 fully saturated rings. The summed E-state index contributed by atoms with van der Waals surface area (Å²) in [4.78, 5) is 18.9. The molecule has 218 valence electrons. The van der Waals surface area contributed by atoms with Crippen LogP contribution in [0.25, 0.3) is 17.1 Å². The average molecular weight is 579 g/mol. The molecular formula is C34H31FN4O4. The number of carboxylic acids is 1. The maximum absolute atomic E-state index is 14.8. The van der Waals surface area contributed by atoms with Gasteiger partial charge >= 0.3 is 5.97 Å². The number of fused-ring (bicyclic) bond motifs is 2. The van der Waals surface area contributed by atoms with Crippen molar-refractivity contribution in [3.63, 3.8) is 0 Å². The minimum absolute atomic E-state index is 0.121. The standard InChI is InChI=1S/C34H31FN4O4/c35-28-16-21(18-36)4-7-27(28)31-9-6-23-2-1-3-26(33(23)43-31)22-10-13-38(14-11-22)20-32-37-29-8-5-24(34(40)41)17-30(29)39(32)19-25-12-15-42-25/h1-9,16-17,22,25,31H,10-15,19-20H2,(H,40,41)/t25?,31-/m0/s1. The Bertz CT molecular complexity index is 1780. The smallest absolute Gasteiger partial charge is 0.335 e. The minimum Gasteiger partial charge on any atom is -0.481 e. The number of carboxylic acid groups (broad SMARTS) is 1. The van der Waals surface area contributed by atoms with Crippen molar-refractivity contribution in [3.8, 4) is 11.8 Å². The van der Waals surface area contributed by atoms with Crippen LogP contribution in [0.2, 0.25) is 0 Å². The second-order valence-electron chi connectivity index (χ2n) is 11.5. The molecule has 3 aliphatic heterocycles. The van der Waals surface area contributed by atoms with E-state index in [0.717, 1.165) is 72.7 Å². The first-order valence-corrected chi connectivity index (χ1v) is 14.7. The molecule has 0 amide bonds. The summed E-state index contributed by atoms with van der Waals surface area (Å²) in [5.41, 5.74) is 4.69. The summed E-state index contributed by atoms with van der Waals surface area (Å²) < 4.78 is 29.1. The van der Waals surface area contributed by atoms with Gasteiger partial charge in [-0.1, -0.05) is 30.3 Å². The van der Waals surface area contributed by atoms with Crippen molar-refractivity contribution in [2.75, 3.05) is 19.7 Å². The number of carbonyl (C=O) groups is 1. The van der Waals surface area contributed by atoms with Crippen molar-refractivity contribution in [3.05, 3.63) is 100 Å². The van der Waals surface area contributed by atoms with Gasteiger partial charge < -0.3 is 19.1 Å². The van der Waals surface area contributed by atoms with Crippen molar-refractivity contribution in [2.45, 2.75) is 50.5 Å². The summed E-state index contributed by atoms with van der Waals surface area (Å²) in [6.07, 6.45) is 6.28. The predicted molar refractivity (Wildman–Crippen MR) is 158 cm³/mol. The van der Waals surface area contributed by atoms with Crippen LogP contribution in [0.5, 0.6) is 5.75 Å². The van der Waals surface area contributed by atoms with E-state index in [0.29, 0.717) is 24.6 Å². The normalized spacial score (nSPS) is 20.3. The van der Waals surface area contributed by atoms with Crippen LogP contribution in [0.1, 0.15) is 69.7 Å². The summed E-state index contributed by atoms with van der Waals surface area (Å²) in [6.45, 7) is 3.84. The van der Waals surface area contributed by atoms with E-state index in [1.54, 1.807) is 30.3 Å². The third kappa shape index (κ3) is 5.29. The molecule has 7 rings (SSSR count). The van der Waals surface area contributed by atoms with Gasteiger partial charge in [0, 0.05) is 17.7 Å². The number of benzene rings is 3. The zero-order valence-electron chi connectivity index (χ0n) is 23.6. The van der Waals surface area contributed by atoms with E-state index < -0.39 is 17.9 Å². The van der Waals surface area contributed by atoms with Gasteiger partial charge in [0.1, 0.15) is 23.5 Å². The Morgan fingerprint density at radius 1 is 1.09 bits per heavy atom. The highest BCUT2D eigenvalue weighted by molar-refractivity contribution is 5.92. The fourth-order valence-electron chi connectivity index (χ4n) is 6.38. The highest BCUT2D eigenvalue weighted by atomic mass is 19.1. The molecule has 1 aromatic heterocycles. The fourth-order valence-corrected chi connectivity index (χ4v) is 6.38. The number of halogens is 1. The predicted octanol–water partition coefficient (Wildman–Crippen LogP) is 6.06. The maximum Gasteiger partial charge on any atom is 0.335 e. The SMILES string of the molecule is N#Cc1ccc([C@@H]2C=Cc3cccc(C4CCN(Cc5nc6ccc(C(=O)O)cc6n5CC5CCO5)CC4)c3O2)c(F)c1. The molecular weight excluding hydrogens is 547 g/mol. The average Bonchev–Trinajstić information content (AvgIpc) is 3.34. The summed E-state index contributed by atoms with van der Waals surface area (Å²) in [7, 11) is 0. The highest BCUT2D eigenvalue weighted by Gasteiger charge is 2.29. The quantitative estimate of drug-likeness (QED) is 0.285. The Balaban J connectivity index is 1.08. The topological polar surface area (TPSA) is 101 Å². The third-order valence-corrected chi connectivity index (χ3v) is 8.85. The van der Waals surface area contributed by atoms with Gasteiger partial charge in [-0.25, -0.2) is 14.2 Å². The number of hydrogen-bond acceptors (Lipinski definition) is 6. The van der Waals surface area contributed by atoms with Gasteiger partial charge in [0.25, 0.3) is 0 Å². The molecule has 0 spiro atoms. The molecule has 4 heterocycles. The van der Waals surface area contributed by atoms with Gasteiger partial charge in [-0.3, -0.25) is 4.90 Å². The Morgan fingerprint density at radius 2 is 1.93 bits per heavy atom. The van der Waals surface area contributed by atoms with Gasteiger partial charge in [-0.2, -0.15) is 5.26 Å². The lowest BCUT2D eigenvalue weighted by Gasteiger charge is -2.34. The summed E-state index contributed by atoms with van der Waals surface area (Å²) in [5.74, 6) is 0.619. The maximum atomic E-state index is 14.8. The van der Waals surface area contributed by atoms with Crippen molar-refractivity contribution >= 4 is 23.1 Å². The second-order valence-corrected chi connectivity index (χ2v) is 11.5. The Labute approximate surface area is 248 Å². The number of imidazole rings is 1. The van der Waals surface area contributed by atoms with E-state index in [2.05, 4.69) is 15.5 Å². The molecule has 3 aliphatic rings. The van der Waals surface area contributed by atoms with Crippen molar-refractivity contribution in [1.29, 1.82) is 5.26 Å². The molecule has 8 nitrogen and oxygen atoms in total. The second kappa shape index (κ2) is 11.3. The number of piperidine rings is 1. The van der Waals surface area contributed by atoms with Crippen molar-refractivity contribution in [1.82, 2.24) is 14.5 Å². The van der Waals surface area contributed by atoms with Crippen LogP contribution < -0.4 is 4.74 Å². The lowest BCUT2D eigenvalue weighted by Crippen LogP contribution is -2.35. The number of aromatic nitrogens is 2. The van der Waals surface area contributed by atoms with Gasteiger partial charge in [-0.15, -0.1) is 0 Å². The van der Waals surface area contributed by atoms with E-state index in [-0.39, 0.29) is 17.2 Å². The molecule has 1 unspecified atom stereocenters. The summed E-state index contributed by atoms with van der Waals surface area (Å²) in [5, 5.41) is 18.6. The van der Waals surface area contributed by atoms with E-state index >= 15 is 0 Å². The van der Waals surface area contributed by atoms with Crippen LogP contribution in [-0.4, -0.2) is 51.3 Å². The first-order chi connectivity index (χ1) is 21.0. The highest BCUT2D eigenvalue weighted by Crippen LogP contribution is 2.42. The van der Waals surface area contributed by atoms with E-state index in [1.165, 1.54) is 6.07 Å². The third-order valence-electron chi connectivity index (χ3n) is 8.85. The molecule has 0 aliphatic carbocycles. The van der Waals surface area contributed by atoms with E-state index in [1.807, 2.05) is 30.4 Å². The number of nitrogens with zero attached hydrogens (tertiary/aromatic N) is 4. The molecule has 0 radical (unpaired) electrons. The monoisotopic (exact) mass is 578 g/mol. The van der Waals surface area contributed by atoms with Crippen LogP contribution in [-0.2, 0) is 17.8 Å². The van der Waals surface area contributed by atoms with Crippen LogP contribution in [0, 0.1) is 17.1 Å². The number of nitriles is 1. The molecule has 4 aromatic rings. The van der Waals surface area contributed by atoms with Gasteiger partial charge in [-0.05, 0) is 80.2 Å². The largest absolute Gasteiger partial charge is 0.481 e. The fraction of sp³-hybridized carbons (Fsp3) is 0.324. The Morgan fingerprint density at radius 3 is 2.65 bits per heavy atom. The molecule has 1 N–H and O–H groups in total. The number of rotatable bonds is 7. The van der Waals surface area contributed by atoms with Gasteiger partial charge in [0.2, 0.25) is 0 Å². The minimum atomic E-state index is -0.950. The Kier molecular flexibility index (Phi) is 7.17. The summed E-state index contributed by atoms with van der Waals surface area (Å²) in [6, 6.07) is 17.8. The lowest BCUT2D eigenvalue weighted by atomic mass is 9.87. The lowest BCUT2D eigenvalue weighted by molar-refractivity contribution is -0.0592. The van der Waals surface area contributed by atoms with Crippen LogP contribution in [0.3, 0.4) is 0 Å². The number of aromatic carboxylic acids is 1.